The van der Waals surface area contributed by atoms with E-state index in [2.05, 4.69) is 5.32 Å². The zero-order chi connectivity index (χ0) is 19.4. The number of benzene rings is 2. The Morgan fingerprint density at radius 1 is 1.15 bits per heavy atom. The van der Waals surface area contributed by atoms with Gasteiger partial charge in [-0.1, -0.05) is 24.6 Å². The highest BCUT2D eigenvalue weighted by atomic mass is 32.2. The third-order valence-electron chi connectivity index (χ3n) is 4.90. The fourth-order valence-corrected chi connectivity index (χ4v) is 4.98. The molecule has 0 bridgehead atoms. The van der Waals surface area contributed by atoms with Crippen molar-refractivity contribution >= 4 is 15.9 Å². The maximum atomic E-state index is 12.8. The first-order valence-electron chi connectivity index (χ1n) is 9.06. The summed E-state index contributed by atoms with van der Waals surface area (Å²) in [6, 6.07) is 12.8. The van der Waals surface area contributed by atoms with E-state index in [9.17, 15) is 18.3 Å². The first-order valence-corrected chi connectivity index (χ1v) is 10.5. The highest BCUT2D eigenvalue weighted by molar-refractivity contribution is 7.89. The van der Waals surface area contributed by atoms with Gasteiger partial charge in [-0.25, -0.2) is 8.42 Å². The Bertz CT molecular complexity index is 910. The Labute approximate surface area is 159 Å². The van der Waals surface area contributed by atoms with Gasteiger partial charge in [0.15, 0.2) is 0 Å². The van der Waals surface area contributed by atoms with Crippen LogP contribution in [0.25, 0.3) is 0 Å². The molecule has 1 heterocycles. The molecule has 1 unspecified atom stereocenters. The molecule has 1 atom stereocenters. The van der Waals surface area contributed by atoms with Gasteiger partial charge in [0.1, 0.15) is 5.75 Å². The van der Waals surface area contributed by atoms with Gasteiger partial charge in [0, 0.05) is 30.3 Å². The van der Waals surface area contributed by atoms with E-state index in [4.69, 9.17) is 0 Å². The van der Waals surface area contributed by atoms with Crippen LogP contribution in [0.3, 0.4) is 0 Å². The Kier molecular flexibility index (Phi) is 5.82. The molecule has 1 fully saturated rings. The minimum atomic E-state index is -3.55. The molecule has 0 aromatic heterocycles. The second-order valence-corrected chi connectivity index (χ2v) is 8.69. The molecule has 0 radical (unpaired) electrons. The van der Waals surface area contributed by atoms with Gasteiger partial charge in [-0.2, -0.15) is 4.31 Å². The van der Waals surface area contributed by atoms with Crippen molar-refractivity contribution in [3.05, 3.63) is 59.7 Å². The molecular weight excluding hydrogens is 364 g/mol. The summed E-state index contributed by atoms with van der Waals surface area (Å²) in [7, 11) is -3.55. The van der Waals surface area contributed by atoms with Gasteiger partial charge in [-0.15, -0.1) is 0 Å². The molecule has 1 amide bonds. The zero-order valence-corrected chi connectivity index (χ0v) is 16.1. The van der Waals surface area contributed by atoms with E-state index in [0.717, 1.165) is 19.3 Å². The normalized spacial score (nSPS) is 18.2. The number of piperidine rings is 1. The average Bonchev–Trinajstić information content (AvgIpc) is 2.67. The van der Waals surface area contributed by atoms with Gasteiger partial charge in [-0.05, 0) is 50.1 Å². The van der Waals surface area contributed by atoms with Crippen LogP contribution in [0.15, 0.2) is 53.4 Å². The predicted octanol–water partition coefficient (Wildman–Crippen LogP) is 2.89. The van der Waals surface area contributed by atoms with Crippen LogP contribution in [0.1, 0.15) is 42.1 Å². The summed E-state index contributed by atoms with van der Waals surface area (Å²) in [4.78, 5) is 12.5. The van der Waals surface area contributed by atoms with Crippen LogP contribution in [0.2, 0.25) is 0 Å². The minimum absolute atomic E-state index is 0.00900. The fraction of sp³-hybridized carbons (Fsp3) is 0.350. The summed E-state index contributed by atoms with van der Waals surface area (Å²) >= 11 is 0. The second kappa shape index (κ2) is 8.10. The smallest absolute Gasteiger partial charge is 0.251 e. The zero-order valence-electron chi connectivity index (χ0n) is 15.3. The third-order valence-corrected chi connectivity index (χ3v) is 6.92. The summed E-state index contributed by atoms with van der Waals surface area (Å²) in [5, 5.41) is 12.5. The summed E-state index contributed by atoms with van der Waals surface area (Å²) in [6.45, 7) is 2.65. The number of phenols is 1. The Morgan fingerprint density at radius 3 is 2.52 bits per heavy atom. The van der Waals surface area contributed by atoms with E-state index < -0.39 is 10.0 Å². The van der Waals surface area contributed by atoms with Crippen LogP contribution >= 0.6 is 0 Å². The number of amides is 1. The second-order valence-electron chi connectivity index (χ2n) is 6.80. The van der Waals surface area contributed by atoms with Crippen LogP contribution in [-0.2, 0) is 16.6 Å². The molecule has 3 rings (SSSR count). The van der Waals surface area contributed by atoms with Crippen molar-refractivity contribution in [1.82, 2.24) is 9.62 Å². The number of sulfonamides is 1. The van der Waals surface area contributed by atoms with Gasteiger partial charge in [0.05, 0.1) is 4.90 Å². The quantitative estimate of drug-likeness (QED) is 0.825. The van der Waals surface area contributed by atoms with E-state index in [-0.39, 0.29) is 29.1 Å². The van der Waals surface area contributed by atoms with Crippen LogP contribution in [0.5, 0.6) is 5.75 Å². The Balaban J connectivity index is 1.69. The van der Waals surface area contributed by atoms with E-state index in [1.807, 2.05) is 6.92 Å². The first kappa shape index (κ1) is 19.4. The number of carbonyl (C=O) groups excluding carboxylic acids is 1. The lowest BCUT2D eigenvalue weighted by atomic mass is 10.1. The number of aromatic hydroxyl groups is 1. The van der Waals surface area contributed by atoms with Gasteiger partial charge in [0.2, 0.25) is 10.0 Å². The number of hydrogen-bond acceptors (Lipinski definition) is 4. The highest BCUT2D eigenvalue weighted by Gasteiger charge is 2.30. The summed E-state index contributed by atoms with van der Waals surface area (Å²) < 4.78 is 27.2. The summed E-state index contributed by atoms with van der Waals surface area (Å²) in [6.07, 6.45) is 2.78. The Morgan fingerprint density at radius 2 is 1.85 bits per heavy atom. The molecule has 0 aliphatic carbocycles. The fourth-order valence-electron chi connectivity index (χ4n) is 3.28. The van der Waals surface area contributed by atoms with Gasteiger partial charge >= 0.3 is 0 Å². The van der Waals surface area contributed by atoms with Crippen molar-refractivity contribution in [2.24, 2.45) is 0 Å². The molecule has 144 valence electrons. The standard InChI is InChI=1S/C20H24N2O4S/c1-15-6-4-5-13-22(15)27(25,26)18-11-9-16(10-12-18)20(24)21-14-17-7-2-3-8-19(17)23/h2-3,7-12,15,23H,4-6,13-14H2,1H3,(H,21,24). The lowest BCUT2D eigenvalue weighted by molar-refractivity contribution is 0.0950. The van der Waals surface area contributed by atoms with Crippen molar-refractivity contribution in [2.75, 3.05) is 6.54 Å². The van der Waals surface area contributed by atoms with E-state index >= 15 is 0 Å². The average molecular weight is 388 g/mol. The van der Waals surface area contributed by atoms with Crippen molar-refractivity contribution in [3.63, 3.8) is 0 Å². The van der Waals surface area contributed by atoms with Gasteiger partial charge < -0.3 is 10.4 Å². The number of carbonyl (C=O) groups is 1. The van der Waals surface area contributed by atoms with Gasteiger partial charge in [0.25, 0.3) is 5.91 Å². The molecule has 2 aromatic carbocycles. The first-order chi connectivity index (χ1) is 12.9. The monoisotopic (exact) mass is 388 g/mol. The van der Waals surface area contributed by atoms with Crippen LogP contribution < -0.4 is 5.32 Å². The summed E-state index contributed by atoms with van der Waals surface area (Å²) in [5.74, 6) is -0.205. The van der Waals surface area contributed by atoms with E-state index in [1.165, 1.54) is 24.3 Å². The molecule has 0 saturated carbocycles. The SMILES string of the molecule is CC1CCCCN1S(=O)(=O)c1ccc(C(=O)NCc2ccccc2O)cc1. The topological polar surface area (TPSA) is 86.7 Å². The number of hydrogen-bond donors (Lipinski definition) is 2. The number of para-hydroxylation sites is 1. The number of rotatable bonds is 5. The summed E-state index contributed by atoms with van der Waals surface area (Å²) in [5.41, 5.74) is 0.986. The lowest BCUT2D eigenvalue weighted by Crippen LogP contribution is -2.41. The van der Waals surface area contributed by atoms with Crippen molar-refractivity contribution in [3.8, 4) is 5.75 Å². The predicted molar refractivity (Wildman–Crippen MR) is 103 cm³/mol. The van der Waals surface area contributed by atoms with Crippen molar-refractivity contribution < 1.29 is 18.3 Å². The molecular formula is C20H24N2O4S. The maximum absolute atomic E-state index is 12.8. The number of phenolic OH excluding ortho intramolecular Hbond substituents is 1. The van der Waals surface area contributed by atoms with Crippen molar-refractivity contribution in [2.45, 2.75) is 43.7 Å². The molecule has 2 N–H and O–H groups in total. The number of nitrogens with one attached hydrogen (secondary N) is 1. The largest absolute Gasteiger partial charge is 0.508 e. The van der Waals surface area contributed by atoms with Crippen LogP contribution in [-0.4, -0.2) is 36.3 Å². The molecule has 1 aliphatic heterocycles. The molecule has 1 aliphatic rings. The van der Waals surface area contributed by atoms with Gasteiger partial charge in [-0.3, -0.25) is 4.79 Å². The van der Waals surface area contributed by atoms with Crippen molar-refractivity contribution in [1.29, 1.82) is 0 Å². The molecule has 27 heavy (non-hydrogen) atoms. The maximum Gasteiger partial charge on any atom is 0.251 e. The lowest BCUT2D eigenvalue weighted by Gasteiger charge is -2.32. The minimum Gasteiger partial charge on any atom is -0.508 e. The number of nitrogens with zero attached hydrogens (tertiary/aromatic N) is 1. The molecule has 1 saturated heterocycles. The highest BCUT2D eigenvalue weighted by Crippen LogP contribution is 2.25. The van der Waals surface area contributed by atoms with Crippen LogP contribution in [0.4, 0.5) is 0 Å². The molecule has 7 heteroatoms. The Hall–Kier alpha value is -2.38. The molecule has 6 nitrogen and oxygen atoms in total. The molecule has 0 spiro atoms. The van der Waals surface area contributed by atoms with E-state index in [1.54, 1.807) is 28.6 Å². The third kappa shape index (κ3) is 4.31. The van der Waals surface area contributed by atoms with E-state index in [0.29, 0.717) is 17.7 Å². The van der Waals surface area contributed by atoms with Crippen LogP contribution in [0, 0.1) is 0 Å². The molecule has 2 aromatic rings.